The zero-order valence-electron chi connectivity index (χ0n) is 8.66. The highest BCUT2D eigenvalue weighted by Gasteiger charge is 2.16. The predicted octanol–water partition coefficient (Wildman–Crippen LogP) is 3.01. The van der Waals surface area contributed by atoms with Crippen LogP contribution >= 0.6 is 0 Å². The average molecular weight is 189 g/mol. The molecule has 1 aromatic rings. The zero-order chi connectivity index (χ0) is 10.4. The molecule has 0 fully saturated rings. The lowest BCUT2D eigenvalue weighted by Gasteiger charge is -2.15. The Hall–Kier alpha value is -1.49. The Morgan fingerprint density at radius 3 is 2.50 bits per heavy atom. The van der Waals surface area contributed by atoms with Gasteiger partial charge >= 0.3 is 0 Å². The van der Waals surface area contributed by atoms with Gasteiger partial charge in [-0.2, -0.15) is 5.26 Å². The van der Waals surface area contributed by atoms with Crippen molar-refractivity contribution in [3.8, 4) is 11.8 Å². The Labute approximate surface area is 85.1 Å². The Morgan fingerprint density at radius 1 is 1.29 bits per heavy atom. The van der Waals surface area contributed by atoms with Gasteiger partial charge in [-0.05, 0) is 32.4 Å². The summed E-state index contributed by atoms with van der Waals surface area (Å²) in [4.78, 5) is 0. The fraction of sp³-hybridized carbons (Fsp3) is 0.417. The van der Waals surface area contributed by atoms with E-state index in [0.29, 0.717) is 6.61 Å². The zero-order valence-corrected chi connectivity index (χ0v) is 8.66. The summed E-state index contributed by atoms with van der Waals surface area (Å²) in [7, 11) is 0. The molecule has 2 nitrogen and oxygen atoms in total. The summed E-state index contributed by atoms with van der Waals surface area (Å²) in [5.74, 6) is 0.862. The third kappa shape index (κ3) is 3.49. The SMILES string of the molecule is CC(C)(C#N)CCOc1ccccc1. The van der Waals surface area contributed by atoms with E-state index in [0.717, 1.165) is 12.2 Å². The monoisotopic (exact) mass is 189 g/mol. The third-order valence-corrected chi connectivity index (χ3v) is 2.04. The first-order valence-corrected chi connectivity index (χ1v) is 4.73. The lowest BCUT2D eigenvalue weighted by atomic mass is 9.92. The van der Waals surface area contributed by atoms with Gasteiger partial charge in [0.25, 0.3) is 0 Å². The molecule has 1 rings (SSSR count). The van der Waals surface area contributed by atoms with E-state index in [1.165, 1.54) is 0 Å². The molecule has 74 valence electrons. The van der Waals surface area contributed by atoms with Crippen LogP contribution in [0.1, 0.15) is 20.3 Å². The van der Waals surface area contributed by atoms with Crippen LogP contribution in [-0.2, 0) is 0 Å². The van der Waals surface area contributed by atoms with Crippen LogP contribution in [0.3, 0.4) is 0 Å². The summed E-state index contributed by atoms with van der Waals surface area (Å²) in [6.45, 7) is 4.42. The van der Waals surface area contributed by atoms with Gasteiger partial charge in [-0.1, -0.05) is 18.2 Å². The van der Waals surface area contributed by atoms with Crippen molar-refractivity contribution in [2.24, 2.45) is 5.41 Å². The second-order valence-corrected chi connectivity index (χ2v) is 3.91. The molecule has 2 heteroatoms. The molecule has 0 saturated heterocycles. The molecule has 0 amide bonds. The van der Waals surface area contributed by atoms with E-state index >= 15 is 0 Å². The molecule has 0 N–H and O–H groups in total. The maximum Gasteiger partial charge on any atom is 0.119 e. The number of rotatable bonds is 4. The van der Waals surface area contributed by atoms with E-state index < -0.39 is 0 Å². The molecular weight excluding hydrogens is 174 g/mol. The van der Waals surface area contributed by atoms with Crippen LogP contribution < -0.4 is 4.74 Å². The van der Waals surface area contributed by atoms with Crippen LogP contribution in [0.15, 0.2) is 30.3 Å². The molecule has 0 bridgehead atoms. The molecule has 1 aromatic carbocycles. The summed E-state index contributed by atoms with van der Waals surface area (Å²) < 4.78 is 5.49. The smallest absolute Gasteiger partial charge is 0.119 e. The summed E-state index contributed by atoms with van der Waals surface area (Å²) in [5.41, 5.74) is -0.297. The summed E-state index contributed by atoms with van der Waals surface area (Å²) in [5, 5.41) is 8.79. The first-order chi connectivity index (χ1) is 6.64. The van der Waals surface area contributed by atoms with Crippen LogP contribution in [0.5, 0.6) is 5.75 Å². The minimum atomic E-state index is -0.297. The average Bonchev–Trinajstić information content (AvgIpc) is 2.19. The molecule has 14 heavy (non-hydrogen) atoms. The molecule has 0 saturated carbocycles. The van der Waals surface area contributed by atoms with Crippen LogP contribution in [0.25, 0.3) is 0 Å². The molecule has 0 radical (unpaired) electrons. The molecule has 0 aliphatic heterocycles. The first-order valence-electron chi connectivity index (χ1n) is 4.73. The maximum atomic E-state index is 8.79. The standard InChI is InChI=1S/C12H15NO/c1-12(2,10-13)8-9-14-11-6-4-3-5-7-11/h3-7H,8-9H2,1-2H3. The molecule has 0 heterocycles. The normalized spacial score (nSPS) is 10.6. The number of nitrogens with zero attached hydrogens (tertiary/aromatic N) is 1. The van der Waals surface area contributed by atoms with Crippen molar-refractivity contribution >= 4 is 0 Å². The van der Waals surface area contributed by atoms with Gasteiger partial charge in [-0.15, -0.1) is 0 Å². The molecule has 0 atom stereocenters. The minimum Gasteiger partial charge on any atom is -0.494 e. The molecule has 0 spiro atoms. The summed E-state index contributed by atoms with van der Waals surface area (Å²) in [6.07, 6.45) is 0.748. The van der Waals surface area contributed by atoms with E-state index in [4.69, 9.17) is 10.00 Å². The number of para-hydroxylation sites is 1. The van der Waals surface area contributed by atoms with E-state index in [-0.39, 0.29) is 5.41 Å². The van der Waals surface area contributed by atoms with E-state index in [1.807, 2.05) is 44.2 Å². The highest BCUT2D eigenvalue weighted by Crippen LogP contribution is 2.19. The molecule has 0 aliphatic carbocycles. The van der Waals surface area contributed by atoms with Gasteiger partial charge in [0.05, 0.1) is 18.1 Å². The number of ether oxygens (including phenoxy) is 1. The van der Waals surface area contributed by atoms with Gasteiger partial charge in [0.2, 0.25) is 0 Å². The minimum absolute atomic E-state index is 0.297. The quantitative estimate of drug-likeness (QED) is 0.729. The summed E-state index contributed by atoms with van der Waals surface area (Å²) >= 11 is 0. The van der Waals surface area contributed by atoms with Crippen LogP contribution in [-0.4, -0.2) is 6.61 Å². The van der Waals surface area contributed by atoms with Gasteiger partial charge in [0.1, 0.15) is 5.75 Å². The number of hydrogen-bond donors (Lipinski definition) is 0. The van der Waals surface area contributed by atoms with Gasteiger partial charge in [-0.25, -0.2) is 0 Å². The molecule has 0 aliphatic rings. The van der Waals surface area contributed by atoms with Crippen molar-refractivity contribution in [1.29, 1.82) is 5.26 Å². The van der Waals surface area contributed by atoms with Crippen LogP contribution in [0.2, 0.25) is 0 Å². The Morgan fingerprint density at radius 2 is 1.93 bits per heavy atom. The second kappa shape index (κ2) is 4.66. The number of benzene rings is 1. The Balaban J connectivity index is 2.34. The molecular formula is C12H15NO. The highest BCUT2D eigenvalue weighted by atomic mass is 16.5. The van der Waals surface area contributed by atoms with Gasteiger partial charge in [-0.3, -0.25) is 0 Å². The first kappa shape index (κ1) is 10.6. The van der Waals surface area contributed by atoms with Crippen molar-refractivity contribution in [3.63, 3.8) is 0 Å². The Bertz CT molecular complexity index is 311. The van der Waals surface area contributed by atoms with Gasteiger partial charge in [0.15, 0.2) is 0 Å². The highest BCUT2D eigenvalue weighted by molar-refractivity contribution is 5.20. The van der Waals surface area contributed by atoms with Gasteiger partial charge < -0.3 is 4.74 Å². The van der Waals surface area contributed by atoms with Crippen LogP contribution in [0.4, 0.5) is 0 Å². The van der Waals surface area contributed by atoms with Gasteiger partial charge in [0, 0.05) is 0 Å². The fourth-order valence-corrected chi connectivity index (χ4v) is 0.997. The topological polar surface area (TPSA) is 33.0 Å². The van der Waals surface area contributed by atoms with Crippen molar-refractivity contribution < 1.29 is 4.74 Å². The summed E-state index contributed by atoms with van der Waals surface area (Å²) in [6, 6.07) is 11.9. The fourth-order valence-electron chi connectivity index (χ4n) is 0.997. The van der Waals surface area contributed by atoms with E-state index in [9.17, 15) is 0 Å². The Kier molecular flexibility index (Phi) is 3.53. The lowest BCUT2D eigenvalue weighted by molar-refractivity contribution is 0.264. The molecule has 0 aromatic heterocycles. The van der Waals surface area contributed by atoms with Crippen molar-refractivity contribution in [1.82, 2.24) is 0 Å². The third-order valence-electron chi connectivity index (χ3n) is 2.04. The number of nitriles is 1. The maximum absolute atomic E-state index is 8.79. The van der Waals surface area contributed by atoms with E-state index in [1.54, 1.807) is 0 Å². The lowest BCUT2D eigenvalue weighted by Crippen LogP contribution is -2.13. The van der Waals surface area contributed by atoms with Crippen LogP contribution in [0, 0.1) is 16.7 Å². The predicted molar refractivity (Wildman–Crippen MR) is 55.9 cm³/mol. The van der Waals surface area contributed by atoms with Crippen molar-refractivity contribution in [2.45, 2.75) is 20.3 Å². The van der Waals surface area contributed by atoms with E-state index in [2.05, 4.69) is 6.07 Å². The van der Waals surface area contributed by atoms with Crippen molar-refractivity contribution in [2.75, 3.05) is 6.61 Å². The second-order valence-electron chi connectivity index (χ2n) is 3.91. The molecule has 0 unspecified atom stereocenters. The largest absolute Gasteiger partial charge is 0.494 e. The number of hydrogen-bond acceptors (Lipinski definition) is 2. The van der Waals surface area contributed by atoms with Crippen molar-refractivity contribution in [3.05, 3.63) is 30.3 Å².